The van der Waals surface area contributed by atoms with E-state index < -0.39 is 5.54 Å². The van der Waals surface area contributed by atoms with E-state index in [9.17, 15) is 9.90 Å². The van der Waals surface area contributed by atoms with Gasteiger partial charge in [0.1, 0.15) is 11.3 Å². The summed E-state index contributed by atoms with van der Waals surface area (Å²) in [6, 6.07) is 14.2. The molecule has 2 aromatic rings. The Balaban J connectivity index is 1.79. The van der Waals surface area contributed by atoms with E-state index in [1.54, 1.807) is 35.2 Å². The van der Waals surface area contributed by atoms with Crippen LogP contribution in [0.15, 0.2) is 48.2 Å². The minimum atomic E-state index is -0.755. The molecule has 4 nitrogen and oxygen atoms in total. The molecule has 0 spiro atoms. The lowest BCUT2D eigenvalue weighted by Gasteiger charge is -2.32. The Labute approximate surface area is 167 Å². The number of nitriles is 1. The molecule has 1 atom stereocenters. The van der Waals surface area contributed by atoms with E-state index in [-0.39, 0.29) is 17.2 Å². The van der Waals surface area contributed by atoms with Gasteiger partial charge in [-0.05, 0) is 54.3 Å². The largest absolute Gasteiger partial charge is 0.509 e. The van der Waals surface area contributed by atoms with Crippen LogP contribution in [0.4, 0.5) is 0 Å². The number of hydrogen-bond donors (Lipinski definition) is 1. The van der Waals surface area contributed by atoms with Crippen molar-refractivity contribution in [2.45, 2.75) is 24.8 Å². The monoisotopic (exact) mass is 398 g/mol. The number of carbonyl (C=O) groups excluding carboxylic acids is 1. The van der Waals surface area contributed by atoms with Crippen LogP contribution in [0.1, 0.15) is 29.5 Å². The van der Waals surface area contributed by atoms with Gasteiger partial charge < -0.3 is 10.0 Å². The van der Waals surface area contributed by atoms with Gasteiger partial charge in [0, 0.05) is 23.0 Å². The van der Waals surface area contributed by atoms with Gasteiger partial charge in [0.15, 0.2) is 0 Å². The number of aliphatic hydroxyl groups excluding tert-OH is 1. The lowest BCUT2D eigenvalue weighted by Crippen LogP contribution is -2.45. The van der Waals surface area contributed by atoms with Gasteiger partial charge in [0.2, 0.25) is 0 Å². The van der Waals surface area contributed by atoms with Gasteiger partial charge in [-0.1, -0.05) is 35.3 Å². The van der Waals surface area contributed by atoms with Gasteiger partial charge in [-0.3, -0.25) is 4.79 Å². The lowest BCUT2D eigenvalue weighted by molar-refractivity contribution is -0.126. The fourth-order valence-electron chi connectivity index (χ4n) is 4.15. The van der Waals surface area contributed by atoms with Crippen LogP contribution in [0.5, 0.6) is 0 Å². The summed E-state index contributed by atoms with van der Waals surface area (Å²) in [5, 5.41) is 21.0. The summed E-state index contributed by atoms with van der Waals surface area (Å²) in [7, 11) is 0. The molecule has 1 saturated heterocycles. The molecule has 1 N–H and O–H groups in total. The van der Waals surface area contributed by atoms with E-state index in [1.165, 1.54) is 0 Å². The number of amides is 1. The van der Waals surface area contributed by atoms with Crippen LogP contribution in [-0.4, -0.2) is 28.0 Å². The first-order valence-electron chi connectivity index (χ1n) is 8.66. The lowest BCUT2D eigenvalue weighted by atomic mass is 9.86. The molecule has 1 unspecified atom stereocenters. The average Bonchev–Trinajstić information content (AvgIpc) is 3.13. The second-order valence-electron chi connectivity index (χ2n) is 6.96. The molecule has 6 heteroatoms. The Morgan fingerprint density at radius 2 is 1.81 bits per heavy atom. The first kappa shape index (κ1) is 17.9. The number of fused-ring (bicyclic) bond motifs is 1. The Bertz CT molecular complexity index is 988. The van der Waals surface area contributed by atoms with E-state index in [0.29, 0.717) is 40.6 Å². The molecule has 27 heavy (non-hydrogen) atoms. The zero-order valence-corrected chi connectivity index (χ0v) is 15.9. The van der Waals surface area contributed by atoms with Gasteiger partial charge in [0.05, 0.1) is 17.2 Å². The molecule has 2 heterocycles. The molecule has 1 amide bonds. The normalized spacial score (nSPS) is 21.5. The zero-order chi connectivity index (χ0) is 19.2. The first-order valence-corrected chi connectivity index (χ1v) is 9.41. The summed E-state index contributed by atoms with van der Waals surface area (Å²) in [4.78, 5) is 14.8. The molecular weight excluding hydrogens is 383 g/mol. The maximum absolute atomic E-state index is 13.1. The molecular formula is C21H16Cl2N2O2. The number of benzene rings is 2. The predicted molar refractivity (Wildman–Crippen MR) is 105 cm³/mol. The maximum atomic E-state index is 13.1. The minimum Gasteiger partial charge on any atom is -0.509 e. The van der Waals surface area contributed by atoms with Crippen LogP contribution >= 0.6 is 23.2 Å². The molecule has 2 aliphatic rings. The number of aliphatic hydroxyl groups is 1. The van der Waals surface area contributed by atoms with Crippen LogP contribution in [0.2, 0.25) is 10.0 Å². The Morgan fingerprint density at radius 1 is 1.15 bits per heavy atom. The molecule has 2 aliphatic heterocycles. The van der Waals surface area contributed by atoms with Crippen molar-refractivity contribution in [3.63, 3.8) is 0 Å². The molecule has 0 radical (unpaired) electrons. The second kappa shape index (κ2) is 6.60. The minimum absolute atomic E-state index is 0.0766. The molecule has 0 aromatic heterocycles. The maximum Gasteiger partial charge on any atom is 0.258 e. The van der Waals surface area contributed by atoms with Crippen LogP contribution < -0.4 is 0 Å². The van der Waals surface area contributed by atoms with E-state index in [2.05, 4.69) is 6.07 Å². The Morgan fingerprint density at radius 3 is 2.44 bits per heavy atom. The predicted octanol–water partition coefficient (Wildman–Crippen LogP) is 4.75. The third kappa shape index (κ3) is 2.88. The quantitative estimate of drug-likeness (QED) is 0.810. The summed E-state index contributed by atoms with van der Waals surface area (Å²) < 4.78 is 0. The highest BCUT2D eigenvalue weighted by Crippen LogP contribution is 2.47. The van der Waals surface area contributed by atoms with E-state index in [0.717, 1.165) is 12.0 Å². The van der Waals surface area contributed by atoms with E-state index in [1.807, 2.05) is 12.1 Å². The van der Waals surface area contributed by atoms with Crippen molar-refractivity contribution in [2.24, 2.45) is 0 Å². The van der Waals surface area contributed by atoms with Crippen molar-refractivity contribution >= 4 is 34.7 Å². The fourth-order valence-corrected chi connectivity index (χ4v) is 4.68. The van der Waals surface area contributed by atoms with Crippen molar-refractivity contribution in [1.82, 2.24) is 4.90 Å². The number of halogens is 2. The van der Waals surface area contributed by atoms with E-state index >= 15 is 0 Å². The Kier molecular flexibility index (Phi) is 4.38. The summed E-state index contributed by atoms with van der Waals surface area (Å²) in [6.07, 6.45) is 2.01. The molecule has 0 aliphatic carbocycles. The average molecular weight is 399 g/mol. The summed E-state index contributed by atoms with van der Waals surface area (Å²) >= 11 is 12.2. The fraction of sp³-hybridized carbons (Fsp3) is 0.238. The molecule has 0 saturated carbocycles. The highest BCUT2D eigenvalue weighted by atomic mass is 35.5. The summed E-state index contributed by atoms with van der Waals surface area (Å²) in [5.41, 5.74) is 1.59. The van der Waals surface area contributed by atoms with E-state index in [4.69, 9.17) is 28.5 Å². The SMILES string of the molecule is N#Cc1ccc(CC23CCCN2C(=O)C(c2cc(Cl)cc(Cl)c2)=C3O)cc1. The number of carbonyl (C=O) groups is 1. The summed E-state index contributed by atoms with van der Waals surface area (Å²) in [5.74, 6) is -0.121. The standard InChI is InChI=1S/C21H16Cl2N2O2/c22-16-8-15(9-17(23)10-16)18-19(26)21(6-1-7-25(21)20(18)27)11-13-2-4-14(12-24)5-3-13/h2-5,8-10,26H,1,6-7,11H2. The third-order valence-electron chi connectivity index (χ3n) is 5.36. The van der Waals surface area contributed by atoms with Crippen LogP contribution in [0, 0.1) is 11.3 Å². The molecule has 1 fully saturated rings. The zero-order valence-electron chi connectivity index (χ0n) is 14.4. The number of hydrogen-bond acceptors (Lipinski definition) is 3. The van der Waals surface area contributed by atoms with Gasteiger partial charge in [-0.15, -0.1) is 0 Å². The van der Waals surface area contributed by atoms with Gasteiger partial charge >= 0.3 is 0 Å². The van der Waals surface area contributed by atoms with Crippen molar-refractivity contribution in [2.75, 3.05) is 6.54 Å². The van der Waals surface area contributed by atoms with Crippen molar-refractivity contribution in [3.05, 3.63) is 75.0 Å². The second-order valence-corrected chi connectivity index (χ2v) is 7.83. The van der Waals surface area contributed by atoms with Gasteiger partial charge in [0.25, 0.3) is 5.91 Å². The van der Waals surface area contributed by atoms with Crippen LogP contribution in [0.3, 0.4) is 0 Å². The van der Waals surface area contributed by atoms with Crippen LogP contribution in [0.25, 0.3) is 5.57 Å². The van der Waals surface area contributed by atoms with Crippen molar-refractivity contribution < 1.29 is 9.90 Å². The third-order valence-corrected chi connectivity index (χ3v) is 5.79. The highest BCUT2D eigenvalue weighted by Gasteiger charge is 2.54. The summed E-state index contributed by atoms with van der Waals surface area (Å²) in [6.45, 7) is 0.594. The van der Waals surface area contributed by atoms with Crippen molar-refractivity contribution in [3.8, 4) is 6.07 Å². The molecule has 0 bridgehead atoms. The number of nitrogens with zero attached hydrogens (tertiary/aromatic N) is 2. The first-order chi connectivity index (χ1) is 12.9. The molecule has 2 aromatic carbocycles. The smallest absolute Gasteiger partial charge is 0.258 e. The van der Waals surface area contributed by atoms with Crippen molar-refractivity contribution in [1.29, 1.82) is 5.26 Å². The van der Waals surface area contributed by atoms with Gasteiger partial charge in [-0.25, -0.2) is 0 Å². The van der Waals surface area contributed by atoms with Crippen LogP contribution in [-0.2, 0) is 11.2 Å². The topological polar surface area (TPSA) is 64.3 Å². The molecule has 4 rings (SSSR count). The highest BCUT2D eigenvalue weighted by molar-refractivity contribution is 6.35. The molecule has 136 valence electrons. The van der Waals surface area contributed by atoms with Gasteiger partial charge in [-0.2, -0.15) is 5.26 Å². The Hall–Kier alpha value is -2.48. The number of rotatable bonds is 3.